The summed E-state index contributed by atoms with van der Waals surface area (Å²) in [5.74, 6) is -0.480. The highest BCUT2D eigenvalue weighted by Gasteiger charge is 2.20. The smallest absolute Gasteiger partial charge is 0.350 e. The molecule has 0 spiro atoms. The fourth-order valence-electron chi connectivity index (χ4n) is 1.45. The van der Waals surface area contributed by atoms with E-state index in [0.717, 1.165) is 6.42 Å². The van der Waals surface area contributed by atoms with Gasteiger partial charge in [0, 0.05) is 6.61 Å². The van der Waals surface area contributed by atoms with E-state index in [-0.39, 0.29) is 19.1 Å². The molecule has 0 aromatic rings. The lowest BCUT2D eigenvalue weighted by atomic mass is 10.5. The van der Waals surface area contributed by atoms with E-state index >= 15 is 0 Å². The molecule has 0 aliphatic rings. The Morgan fingerprint density at radius 2 is 1.52 bits per heavy atom. The first-order chi connectivity index (χ1) is 10.1. The second-order valence-corrected chi connectivity index (χ2v) is 4.28. The molecular formula is C13H29N3O5. The van der Waals surface area contributed by atoms with Gasteiger partial charge in [0.2, 0.25) is 6.23 Å². The van der Waals surface area contributed by atoms with E-state index in [4.69, 9.17) is 14.2 Å². The van der Waals surface area contributed by atoms with Gasteiger partial charge >= 0.3 is 5.97 Å². The van der Waals surface area contributed by atoms with Crippen molar-refractivity contribution >= 4 is 5.97 Å². The van der Waals surface area contributed by atoms with Gasteiger partial charge in [-0.3, -0.25) is 16.0 Å². The highest BCUT2D eigenvalue weighted by molar-refractivity contribution is 5.73. The Balaban J connectivity index is 4.11. The van der Waals surface area contributed by atoms with Gasteiger partial charge in [-0.1, -0.05) is 6.92 Å². The highest BCUT2D eigenvalue weighted by Crippen LogP contribution is 1.98. The van der Waals surface area contributed by atoms with Crippen LogP contribution in [0.2, 0.25) is 0 Å². The van der Waals surface area contributed by atoms with Gasteiger partial charge in [0.05, 0.1) is 20.3 Å². The average molecular weight is 307 g/mol. The van der Waals surface area contributed by atoms with Crippen molar-refractivity contribution in [3.8, 4) is 0 Å². The van der Waals surface area contributed by atoms with Crippen molar-refractivity contribution in [2.45, 2.75) is 32.0 Å². The first kappa shape index (κ1) is 20.2. The summed E-state index contributed by atoms with van der Waals surface area (Å²) in [5.41, 5.74) is 0. The molecule has 0 heterocycles. The van der Waals surface area contributed by atoms with E-state index in [0.29, 0.717) is 13.2 Å². The van der Waals surface area contributed by atoms with E-state index in [1.54, 1.807) is 14.1 Å². The molecule has 0 aromatic heterocycles. The Hall–Kier alpha value is -0.770. The lowest BCUT2D eigenvalue weighted by Gasteiger charge is -2.23. The van der Waals surface area contributed by atoms with E-state index in [2.05, 4.69) is 20.7 Å². The van der Waals surface area contributed by atoms with Crippen LogP contribution in [0.25, 0.3) is 0 Å². The van der Waals surface area contributed by atoms with Crippen LogP contribution in [0.4, 0.5) is 0 Å². The first-order valence-corrected chi connectivity index (χ1v) is 7.07. The third-order valence-corrected chi connectivity index (χ3v) is 2.71. The standard InChI is InChI=1S/C13H29N3O5/c1-6-7-19-10(14-2)8-20-11(15-3)9-21-12(16-4)13(17)18-5/h10-12,14-16H,6-9H2,1-5H3. The maximum Gasteiger partial charge on any atom is 0.350 e. The fourth-order valence-corrected chi connectivity index (χ4v) is 1.45. The van der Waals surface area contributed by atoms with Crippen LogP contribution < -0.4 is 16.0 Å². The molecule has 21 heavy (non-hydrogen) atoms. The molecule has 0 saturated carbocycles. The Bertz CT molecular complexity index is 268. The number of hydrogen-bond acceptors (Lipinski definition) is 8. The van der Waals surface area contributed by atoms with Crippen LogP contribution in [0.3, 0.4) is 0 Å². The maximum atomic E-state index is 11.4. The summed E-state index contributed by atoms with van der Waals surface area (Å²) in [6, 6.07) is 0. The lowest BCUT2D eigenvalue weighted by molar-refractivity contribution is -0.161. The second kappa shape index (κ2) is 12.9. The Kier molecular flexibility index (Phi) is 12.5. The van der Waals surface area contributed by atoms with Crippen LogP contribution in [0.5, 0.6) is 0 Å². The van der Waals surface area contributed by atoms with Gasteiger partial charge in [-0.05, 0) is 27.6 Å². The van der Waals surface area contributed by atoms with Crippen LogP contribution in [-0.2, 0) is 23.7 Å². The van der Waals surface area contributed by atoms with Crippen molar-refractivity contribution in [2.75, 3.05) is 48.1 Å². The zero-order valence-corrected chi connectivity index (χ0v) is 13.6. The molecule has 0 bridgehead atoms. The molecule has 0 amide bonds. The predicted octanol–water partition coefficient (Wildman–Crippen LogP) is -0.744. The molecule has 0 saturated heterocycles. The zero-order valence-electron chi connectivity index (χ0n) is 13.6. The van der Waals surface area contributed by atoms with Gasteiger partial charge < -0.3 is 18.9 Å². The van der Waals surface area contributed by atoms with Gasteiger partial charge in [0.25, 0.3) is 0 Å². The topological polar surface area (TPSA) is 90.1 Å². The highest BCUT2D eigenvalue weighted by atomic mass is 16.6. The monoisotopic (exact) mass is 307 g/mol. The number of rotatable bonds is 13. The molecule has 0 aliphatic heterocycles. The Morgan fingerprint density at radius 1 is 0.952 bits per heavy atom. The molecule has 3 N–H and O–H groups in total. The number of esters is 1. The molecule has 126 valence electrons. The van der Waals surface area contributed by atoms with Crippen LogP contribution in [0.15, 0.2) is 0 Å². The van der Waals surface area contributed by atoms with E-state index in [1.807, 2.05) is 14.0 Å². The predicted molar refractivity (Wildman–Crippen MR) is 78.7 cm³/mol. The van der Waals surface area contributed by atoms with Crippen LogP contribution >= 0.6 is 0 Å². The molecule has 3 atom stereocenters. The summed E-state index contributed by atoms with van der Waals surface area (Å²) in [7, 11) is 6.49. The molecule has 3 unspecified atom stereocenters. The molecule has 0 radical (unpaired) electrons. The summed E-state index contributed by atoms with van der Waals surface area (Å²) in [5, 5.41) is 8.70. The van der Waals surface area contributed by atoms with Gasteiger partial charge in [-0.25, -0.2) is 4.79 Å². The number of nitrogens with one attached hydrogen (secondary N) is 3. The SMILES string of the molecule is CCCOC(COC(COC(NC)C(=O)OC)NC)NC. The molecule has 0 fully saturated rings. The Morgan fingerprint density at radius 3 is 2.00 bits per heavy atom. The third kappa shape index (κ3) is 8.97. The van der Waals surface area contributed by atoms with Crippen molar-refractivity contribution < 1.29 is 23.7 Å². The number of carbonyl (C=O) groups is 1. The largest absolute Gasteiger partial charge is 0.466 e. The van der Waals surface area contributed by atoms with E-state index in [9.17, 15) is 4.79 Å². The van der Waals surface area contributed by atoms with E-state index in [1.165, 1.54) is 7.11 Å². The fraction of sp³-hybridized carbons (Fsp3) is 0.923. The zero-order chi connectivity index (χ0) is 16.1. The maximum absolute atomic E-state index is 11.4. The minimum atomic E-state index is -0.814. The number of likely N-dealkylation sites (N-methyl/N-ethyl adjacent to an activating group) is 3. The van der Waals surface area contributed by atoms with Gasteiger partial charge in [0.1, 0.15) is 12.5 Å². The van der Waals surface area contributed by atoms with Crippen LogP contribution in [-0.4, -0.2) is 72.7 Å². The summed E-state index contributed by atoms with van der Waals surface area (Å²) in [4.78, 5) is 11.4. The second-order valence-electron chi connectivity index (χ2n) is 4.28. The number of ether oxygens (including phenoxy) is 4. The van der Waals surface area contributed by atoms with Crippen LogP contribution in [0, 0.1) is 0 Å². The molecule has 8 nitrogen and oxygen atoms in total. The summed E-state index contributed by atoms with van der Waals surface area (Å²) in [6.45, 7) is 3.28. The quantitative estimate of drug-likeness (QED) is 0.303. The van der Waals surface area contributed by atoms with Gasteiger partial charge in [-0.15, -0.1) is 0 Å². The number of hydrogen-bond donors (Lipinski definition) is 3. The number of methoxy groups -OCH3 is 1. The molecular weight excluding hydrogens is 278 g/mol. The normalized spacial score (nSPS) is 15.5. The lowest BCUT2D eigenvalue weighted by Crippen LogP contribution is -2.44. The minimum absolute atomic E-state index is 0.179. The van der Waals surface area contributed by atoms with Gasteiger partial charge in [-0.2, -0.15) is 0 Å². The molecule has 0 aliphatic carbocycles. The third-order valence-electron chi connectivity index (χ3n) is 2.71. The van der Waals surface area contributed by atoms with Crippen LogP contribution in [0.1, 0.15) is 13.3 Å². The first-order valence-electron chi connectivity index (χ1n) is 7.07. The summed E-state index contributed by atoms with van der Waals surface area (Å²) in [6.07, 6.45) is -0.404. The number of carbonyl (C=O) groups excluding carboxylic acids is 1. The van der Waals surface area contributed by atoms with Crippen molar-refractivity contribution in [3.63, 3.8) is 0 Å². The average Bonchev–Trinajstić information content (AvgIpc) is 2.52. The van der Waals surface area contributed by atoms with E-state index < -0.39 is 12.2 Å². The summed E-state index contributed by atoms with van der Waals surface area (Å²) < 4.78 is 21.2. The molecule has 0 aromatic carbocycles. The molecule has 0 rings (SSSR count). The van der Waals surface area contributed by atoms with Crippen molar-refractivity contribution in [2.24, 2.45) is 0 Å². The van der Waals surface area contributed by atoms with Crippen molar-refractivity contribution in [1.29, 1.82) is 0 Å². The summed E-state index contributed by atoms with van der Waals surface area (Å²) >= 11 is 0. The molecule has 8 heteroatoms. The van der Waals surface area contributed by atoms with Crippen molar-refractivity contribution in [1.82, 2.24) is 16.0 Å². The Labute approximate surface area is 126 Å². The minimum Gasteiger partial charge on any atom is -0.466 e. The van der Waals surface area contributed by atoms with Crippen molar-refractivity contribution in [3.05, 3.63) is 0 Å². The van der Waals surface area contributed by atoms with Gasteiger partial charge in [0.15, 0.2) is 0 Å².